The van der Waals surface area contributed by atoms with E-state index in [1.807, 2.05) is 19.0 Å². The van der Waals surface area contributed by atoms with Crippen LogP contribution in [0.3, 0.4) is 0 Å². The number of rotatable bonds is 4. The molecule has 3 N–H and O–H groups in total. The predicted molar refractivity (Wildman–Crippen MR) is 40.4 cm³/mol. The van der Waals surface area contributed by atoms with Crippen molar-refractivity contribution >= 4 is 8.80 Å². The summed E-state index contributed by atoms with van der Waals surface area (Å²) in [6.07, 6.45) is 0.628. The minimum atomic E-state index is -3.75. The van der Waals surface area contributed by atoms with Crippen molar-refractivity contribution in [2.45, 2.75) is 12.5 Å². The molecule has 62 valence electrons. The van der Waals surface area contributed by atoms with Gasteiger partial charge in [-0.3, -0.25) is 0 Å². The minimum absolute atomic E-state index is 0.130. The Hall–Kier alpha value is 0.0569. The fourth-order valence-corrected chi connectivity index (χ4v) is 1.26. The molecule has 0 aromatic rings. The van der Waals surface area contributed by atoms with Crippen molar-refractivity contribution in [1.29, 1.82) is 0 Å². The summed E-state index contributed by atoms with van der Waals surface area (Å²) in [4.78, 5) is 27.6. The van der Waals surface area contributed by atoms with Crippen LogP contribution in [-0.2, 0) is 0 Å². The molecule has 0 rings (SSSR count). The average molecular weight is 165 g/mol. The zero-order valence-corrected chi connectivity index (χ0v) is 7.41. The van der Waals surface area contributed by atoms with Gasteiger partial charge in [0.05, 0.1) is 0 Å². The second-order valence-electron chi connectivity index (χ2n) is 2.68. The summed E-state index contributed by atoms with van der Waals surface area (Å²) in [5, 5.41) is 0. The van der Waals surface area contributed by atoms with E-state index in [1.165, 1.54) is 0 Å². The quantitative estimate of drug-likeness (QED) is 0.460. The average Bonchev–Trinajstić information content (AvgIpc) is 1.59. The molecular formula is C5H15NO3Si. The van der Waals surface area contributed by atoms with Gasteiger partial charge in [-0.1, -0.05) is 0 Å². The maximum absolute atomic E-state index is 8.56. The molecule has 0 saturated carbocycles. The normalized spacial score (nSPS) is 12.6. The van der Waals surface area contributed by atoms with Crippen LogP contribution in [-0.4, -0.2) is 48.7 Å². The first-order valence-corrected chi connectivity index (χ1v) is 5.28. The Balaban J connectivity index is 3.21. The largest absolute Gasteiger partial charge is 0.492 e. The second kappa shape index (κ2) is 4.04. The molecule has 0 fully saturated rings. The Morgan fingerprint density at radius 3 is 2.00 bits per heavy atom. The van der Waals surface area contributed by atoms with Gasteiger partial charge in [0.25, 0.3) is 0 Å². The molecule has 0 aliphatic carbocycles. The van der Waals surface area contributed by atoms with Crippen LogP contribution in [0.15, 0.2) is 0 Å². The molecule has 10 heavy (non-hydrogen) atoms. The Morgan fingerprint density at radius 2 is 1.70 bits per heavy atom. The third-order valence-corrected chi connectivity index (χ3v) is 2.14. The fraction of sp³-hybridized carbons (Fsp3) is 1.00. The molecule has 5 heteroatoms. The summed E-state index contributed by atoms with van der Waals surface area (Å²) in [5.41, 5.74) is 0. The second-order valence-corrected chi connectivity index (χ2v) is 4.73. The van der Waals surface area contributed by atoms with E-state index in [1.54, 1.807) is 0 Å². The van der Waals surface area contributed by atoms with Gasteiger partial charge in [-0.2, -0.15) is 0 Å². The molecule has 0 heterocycles. The molecule has 0 unspecified atom stereocenters. The van der Waals surface area contributed by atoms with Crippen molar-refractivity contribution in [3.63, 3.8) is 0 Å². The maximum atomic E-state index is 8.56. The third-order valence-electron chi connectivity index (χ3n) is 1.12. The van der Waals surface area contributed by atoms with Crippen LogP contribution in [0, 0.1) is 0 Å². The van der Waals surface area contributed by atoms with Crippen LogP contribution in [0.5, 0.6) is 0 Å². The highest BCUT2D eigenvalue weighted by atomic mass is 28.4. The fourth-order valence-electron chi connectivity index (χ4n) is 0.632. The van der Waals surface area contributed by atoms with E-state index in [2.05, 4.69) is 0 Å². The van der Waals surface area contributed by atoms with Crippen LogP contribution in [0.2, 0.25) is 6.04 Å². The molecule has 0 amide bonds. The molecule has 4 nitrogen and oxygen atoms in total. The summed E-state index contributed by atoms with van der Waals surface area (Å²) < 4.78 is 0. The molecule has 0 saturated heterocycles. The molecule has 0 atom stereocenters. The molecule has 0 aliphatic rings. The van der Waals surface area contributed by atoms with Crippen molar-refractivity contribution in [1.82, 2.24) is 4.90 Å². The van der Waals surface area contributed by atoms with E-state index in [0.717, 1.165) is 6.54 Å². The monoisotopic (exact) mass is 165 g/mol. The zero-order valence-electron chi connectivity index (χ0n) is 6.41. The van der Waals surface area contributed by atoms with Crippen molar-refractivity contribution in [3.05, 3.63) is 0 Å². The Morgan fingerprint density at radius 1 is 1.20 bits per heavy atom. The van der Waals surface area contributed by atoms with E-state index >= 15 is 0 Å². The van der Waals surface area contributed by atoms with Crippen molar-refractivity contribution in [2.75, 3.05) is 20.6 Å². The van der Waals surface area contributed by atoms with Gasteiger partial charge in [-0.15, -0.1) is 0 Å². The van der Waals surface area contributed by atoms with Gasteiger partial charge in [0.2, 0.25) is 0 Å². The maximum Gasteiger partial charge on any atom is 0.492 e. The highest BCUT2D eigenvalue weighted by Gasteiger charge is 2.25. The summed E-state index contributed by atoms with van der Waals surface area (Å²) in [5.74, 6) is 0. The van der Waals surface area contributed by atoms with Crippen molar-refractivity contribution in [3.8, 4) is 0 Å². The van der Waals surface area contributed by atoms with Crippen LogP contribution in [0.4, 0.5) is 0 Å². The number of nitrogens with zero attached hydrogens (tertiary/aromatic N) is 1. The van der Waals surface area contributed by atoms with Crippen LogP contribution in [0.25, 0.3) is 0 Å². The zero-order chi connectivity index (χ0) is 8.20. The lowest BCUT2D eigenvalue weighted by atomic mass is 10.5. The molecule has 0 radical (unpaired) electrons. The van der Waals surface area contributed by atoms with E-state index in [-0.39, 0.29) is 6.04 Å². The summed E-state index contributed by atoms with van der Waals surface area (Å²) in [6, 6.07) is 0.130. The SMILES string of the molecule is CN(C)CCC[Si](O)(O)O. The van der Waals surface area contributed by atoms with Gasteiger partial charge in [0.1, 0.15) is 0 Å². The van der Waals surface area contributed by atoms with Gasteiger partial charge < -0.3 is 19.3 Å². The van der Waals surface area contributed by atoms with Gasteiger partial charge in [-0.05, 0) is 27.1 Å². The van der Waals surface area contributed by atoms with Gasteiger partial charge in [-0.25, -0.2) is 0 Å². The Bertz CT molecular complexity index is 91.4. The van der Waals surface area contributed by atoms with E-state index in [9.17, 15) is 0 Å². The molecule has 0 bridgehead atoms. The van der Waals surface area contributed by atoms with Crippen LogP contribution >= 0.6 is 0 Å². The lowest BCUT2D eigenvalue weighted by Gasteiger charge is -2.11. The van der Waals surface area contributed by atoms with E-state index in [0.29, 0.717) is 6.42 Å². The first kappa shape index (κ1) is 10.1. The standard InChI is InChI=1S/C5H15NO3Si/c1-6(2)4-3-5-10(7,8)9/h7-9H,3-5H2,1-2H3. The van der Waals surface area contributed by atoms with Gasteiger partial charge >= 0.3 is 8.80 Å². The Kier molecular flexibility index (Phi) is 4.07. The third kappa shape index (κ3) is 8.06. The van der Waals surface area contributed by atoms with E-state index < -0.39 is 8.80 Å². The summed E-state index contributed by atoms with van der Waals surface area (Å²) >= 11 is 0. The minimum Gasteiger partial charge on any atom is -0.390 e. The molecular weight excluding hydrogens is 150 g/mol. The van der Waals surface area contributed by atoms with Gasteiger partial charge in [0.15, 0.2) is 0 Å². The van der Waals surface area contributed by atoms with Gasteiger partial charge in [0, 0.05) is 6.04 Å². The molecule has 0 aromatic heterocycles. The van der Waals surface area contributed by atoms with E-state index in [4.69, 9.17) is 14.4 Å². The molecule has 0 aliphatic heterocycles. The van der Waals surface area contributed by atoms with Crippen molar-refractivity contribution < 1.29 is 14.4 Å². The smallest absolute Gasteiger partial charge is 0.390 e. The first-order chi connectivity index (χ1) is 4.42. The first-order valence-electron chi connectivity index (χ1n) is 3.24. The number of hydrogen-bond acceptors (Lipinski definition) is 4. The lowest BCUT2D eigenvalue weighted by molar-refractivity contribution is 0.224. The topological polar surface area (TPSA) is 63.9 Å². The highest BCUT2D eigenvalue weighted by Crippen LogP contribution is 2.00. The van der Waals surface area contributed by atoms with Crippen LogP contribution < -0.4 is 0 Å². The van der Waals surface area contributed by atoms with Crippen LogP contribution in [0.1, 0.15) is 6.42 Å². The highest BCUT2D eigenvalue weighted by molar-refractivity contribution is 6.56. The number of hydrogen-bond donors (Lipinski definition) is 3. The predicted octanol–water partition coefficient (Wildman–Crippen LogP) is -1.15. The summed E-state index contributed by atoms with van der Waals surface area (Å²) in [7, 11) is 0.0456. The lowest BCUT2D eigenvalue weighted by Crippen LogP contribution is -2.35. The molecule has 0 spiro atoms. The molecule has 0 aromatic carbocycles. The van der Waals surface area contributed by atoms with Crippen molar-refractivity contribution in [2.24, 2.45) is 0 Å². The summed E-state index contributed by atoms with van der Waals surface area (Å²) in [6.45, 7) is 0.774. The Labute approximate surface area is 62.1 Å².